The highest BCUT2D eigenvalue weighted by Crippen LogP contribution is 2.38. The molecule has 32 heavy (non-hydrogen) atoms. The van der Waals surface area contributed by atoms with Gasteiger partial charge in [-0.15, -0.1) is 0 Å². The molecule has 6 rings (SSSR count). The highest BCUT2D eigenvalue weighted by Gasteiger charge is 2.22. The van der Waals surface area contributed by atoms with Gasteiger partial charge in [0.05, 0.1) is 17.6 Å². The van der Waals surface area contributed by atoms with Gasteiger partial charge in [-0.1, -0.05) is 36.4 Å². The van der Waals surface area contributed by atoms with Crippen molar-refractivity contribution in [3.63, 3.8) is 0 Å². The van der Waals surface area contributed by atoms with E-state index in [1.165, 1.54) is 16.9 Å². The van der Waals surface area contributed by atoms with Gasteiger partial charge in [-0.3, -0.25) is 9.78 Å². The highest BCUT2D eigenvalue weighted by atomic mass is 16.1. The van der Waals surface area contributed by atoms with Crippen molar-refractivity contribution in [2.45, 2.75) is 12.8 Å². The molecule has 1 aliphatic heterocycles. The second-order valence-corrected chi connectivity index (χ2v) is 8.18. The quantitative estimate of drug-likeness (QED) is 0.400. The van der Waals surface area contributed by atoms with Gasteiger partial charge in [0.2, 0.25) is 5.91 Å². The summed E-state index contributed by atoms with van der Waals surface area (Å²) in [6, 6.07) is 24.6. The molecule has 5 heteroatoms. The Hall–Kier alpha value is -4.12. The second-order valence-electron chi connectivity index (χ2n) is 8.18. The number of H-pyrrole nitrogens is 1. The Labute approximate surface area is 185 Å². The van der Waals surface area contributed by atoms with Gasteiger partial charge in [-0.2, -0.15) is 0 Å². The third-order valence-corrected chi connectivity index (χ3v) is 6.20. The molecule has 0 radical (unpaired) electrons. The van der Waals surface area contributed by atoms with Gasteiger partial charge in [0.25, 0.3) is 0 Å². The first-order valence-electron chi connectivity index (χ1n) is 10.9. The minimum atomic E-state index is -0.00955. The van der Waals surface area contributed by atoms with Crippen LogP contribution < -0.4 is 10.2 Å². The van der Waals surface area contributed by atoms with Crippen LogP contribution in [0, 0.1) is 0 Å². The summed E-state index contributed by atoms with van der Waals surface area (Å²) in [5.74, 6) is -0.00955. The average Bonchev–Trinajstić information content (AvgIpc) is 3.43. The van der Waals surface area contributed by atoms with Crippen LogP contribution in [0.5, 0.6) is 0 Å². The monoisotopic (exact) mass is 418 g/mol. The van der Waals surface area contributed by atoms with E-state index in [0.29, 0.717) is 6.42 Å². The number of nitrogens with one attached hydrogen (secondary N) is 2. The summed E-state index contributed by atoms with van der Waals surface area (Å²) in [5, 5.41) is 5.32. The lowest BCUT2D eigenvalue weighted by Gasteiger charge is -2.21. The number of aromatic amines is 1. The lowest BCUT2D eigenvalue weighted by atomic mass is 10.1. The molecule has 2 N–H and O–H groups in total. The van der Waals surface area contributed by atoms with E-state index >= 15 is 0 Å². The molecular weight excluding hydrogens is 396 g/mol. The number of hydrogen-bond acceptors (Lipinski definition) is 3. The molecule has 0 aliphatic carbocycles. The van der Waals surface area contributed by atoms with Crippen LogP contribution >= 0.6 is 0 Å². The zero-order valence-electron chi connectivity index (χ0n) is 17.5. The first-order chi connectivity index (χ1) is 15.8. The third kappa shape index (κ3) is 3.19. The number of fused-ring (bicyclic) bond motifs is 3. The Morgan fingerprint density at radius 3 is 2.75 bits per heavy atom. The van der Waals surface area contributed by atoms with E-state index < -0.39 is 0 Å². The van der Waals surface area contributed by atoms with E-state index in [9.17, 15) is 4.79 Å². The summed E-state index contributed by atoms with van der Waals surface area (Å²) in [5.41, 5.74) is 7.51. The third-order valence-electron chi connectivity index (χ3n) is 6.20. The van der Waals surface area contributed by atoms with E-state index in [-0.39, 0.29) is 5.91 Å². The van der Waals surface area contributed by atoms with Gasteiger partial charge in [-0.25, -0.2) is 0 Å². The van der Waals surface area contributed by atoms with Crippen molar-refractivity contribution in [2.75, 3.05) is 16.8 Å². The molecule has 0 bridgehead atoms. The smallest absolute Gasteiger partial charge is 0.228 e. The molecule has 2 aromatic heterocycles. The zero-order chi connectivity index (χ0) is 21.5. The van der Waals surface area contributed by atoms with Crippen LogP contribution in [0.1, 0.15) is 11.1 Å². The van der Waals surface area contributed by atoms with Crippen LogP contribution in [0.25, 0.3) is 21.8 Å². The van der Waals surface area contributed by atoms with Crippen LogP contribution in [-0.4, -0.2) is 22.4 Å². The normalized spacial score (nSPS) is 12.9. The molecule has 0 unspecified atom stereocenters. The molecule has 5 aromatic rings. The SMILES string of the molecule is O=C(Cc1c[nH]c2ccccc12)Nc1ccc2c(c1)CCN2c1ccnc2ccccc12. The van der Waals surface area contributed by atoms with Gasteiger partial charge < -0.3 is 15.2 Å². The molecule has 1 aliphatic rings. The Morgan fingerprint density at radius 1 is 0.969 bits per heavy atom. The van der Waals surface area contributed by atoms with Crippen LogP contribution in [0.4, 0.5) is 17.1 Å². The van der Waals surface area contributed by atoms with Crippen LogP contribution in [-0.2, 0) is 17.6 Å². The topological polar surface area (TPSA) is 61.0 Å². The van der Waals surface area contributed by atoms with Gasteiger partial charge in [0, 0.05) is 46.6 Å². The van der Waals surface area contributed by atoms with Crippen molar-refractivity contribution in [2.24, 2.45) is 0 Å². The number of nitrogens with zero attached hydrogens (tertiary/aromatic N) is 2. The summed E-state index contributed by atoms with van der Waals surface area (Å²) >= 11 is 0. The maximum atomic E-state index is 12.7. The van der Waals surface area contributed by atoms with E-state index in [0.717, 1.165) is 46.0 Å². The van der Waals surface area contributed by atoms with Crippen molar-refractivity contribution in [3.05, 3.63) is 96.3 Å². The lowest BCUT2D eigenvalue weighted by Crippen LogP contribution is -2.15. The number of hydrogen-bond donors (Lipinski definition) is 2. The van der Waals surface area contributed by atoms with Gasteiger partial charge >= 0.3 is 0 Å². The Kier molecular flexibility index (Phi) is 4.39. The molecule has 3 aromatic carbocycles. The van der Waals surface area contributed by atoms with Gasteiger partial charge in [-0.05, 0) is 53.9 Å². The van der Waals surface area contributed by atoms with E-state index in [1.54, 1.807) is 0 Å². The summed E-state index contributed by atoms with van der Waals surface area (Å²) < 4.78 is 0. The second kappa shape index (κ2) is 7.54. The molecule has 3 heterocycles. The number of para-hydroxylation sites is 2. The highest BCUT2D eigenvalue weighted by molar-refractivity contribution is 5.97. The standard InChI is InChI=1S/C27H22N4O/c32-27(16-19-17-29-23-7-3-1-5-21(19)23)30-20-9-10-25-18(15-20)12-14-31(25)26-11-13-28-24-8-4-2-6-22(24)26/h1-11,13,15,17,29H,12,14,16H2,(H,30,32). The fraction of sp³-hybridized carbons (Fsp3) is 0.111. The number of rotatable bonds is 4. The first-order valence-corrected chi connectivity index (χ1v) is 10.9. The van der Waals surface area contributed by atoms with Crippen molar-refractivity contribution >= 4 is 44.8 Å². The molecule has 1 amide bonds. The number of anilines is 3. The van der Waals surface area contributed by atoms with Crippen molar-refractivity contribution in [1.29, 1.82) is 0 Å². The number of carbonyl (C=O) groups excluding carboxylic acids is 1. The number of aromatic nitrogens is 2. The van der Waals surface area contributed by atoms with E-state index in [1.807, 2.05) is 54.9 Å². The molecule has 0 atom stereocenters. The van der Waals surface area contributed by atoms with Crippen molar-refractivity contribution in [1.82, 2.24) is 9.97 Å². The molecule has 0 saturated heterocycles. The van der Waals surface area contributed by atoms with Crippen LogP contribution in [0.3, 0.4) is 0 Å². The Bertz CT molecular complexity index is 1460. The number of carbonyl (C=O) groups is 1. The average molecular weight is 419 g/mol. The minimum absolute atomic E-state index is 0.00955. The van der Waals surface area contributed by atoms with Gasteiger partial charge in [0.15, 0.2) is 0 Å². The van der Waals surface area contributed by atoms with E-state index in [2.05, 4.69) is 50.5 Å². The maximum Gasteiger partial charge on any atom is 0.228 e. The summed E-state index contributed by atoms with van der Waals surface area (Å²) in [4.78, 5) is 22.8. The lowest BCUT2D eigenvalue weighted by molar-refractivity contribution is -0.115. The fourth-order valence-electron chi connectivity index (χ4n) is 4.70. The Morgan fingerprint density at radius 2 is 1.81 bits per heavy atom. The summed E-state index contributed by atoms with van der Waals surface area (Å²) in [6.45, 7) is 0.913. The molecule has 0 saturated carbocycles. The molecule has 156 valence electrons. The largest absolute Gasteiger partial charge is 0.361 e. The van der Waals surface area contributed by atoms with Crippen molar-refractivity contribution < 1.29 is 4.79 Å². The minimum Gasteiger partial charge on any atom is -0.361 e. The summed E-state index contributed by atoms with van der Waals surface area (Å²) in [7, 11) is 0. The predicted molar refractivity (Wildman–Crippen MR) is 130 cm³/mol. The molecular formula is C27H22N4O. The number of amides is 1. The van der Waals surface area contributed by atoms with Crippen LogP contribution in [0.2, 0.25) is 0 Å². The predicted octanol–water partition coefficient (Wildman–Crippen LogP) is 5.59. The molecule has 5 nitrogen and oxygen atoms in total. The number of pyridine rings is 1. The van der Waals surface area contributed by atoms with E-state index in [4.69, 9.17) is 0 Å². The fourth-order valence-corrected chi connectivity index (χ4v) is 4.70. The zero-order valence-corrected chi connectivity index (χ0v) is 17.5. The molecule has 0 spiro atoms. The maximum absolute atomic E-state index is 12.7. The first kappa shape index (κ1) is 18.6. The molecule has 0 fully saturated rings. The van der Waals surface area contributed by atoms with Crippen LogP contribution in [0.15, 0.2) is 85.2 Å². The Balaban J connectivity index is 1.23. The van der Waals surface area contributed by atoms with Gasteiger partial charge in [0.1, 0.15) is 0 Å². The summed E-state index contributed by atoms with van der Waals surface area (Å²) in [6.07, 6.45) is 5.08. The number of benzene rings is 3. The van der Waals surface area contributed by atoms with Crippen molar-refractivity contribution in [3.8, 4) is 0 Å².